The minimum absolute atomic E-state index is 0.340. The van der Waals surface area contributed by atoms with Gasteiger partial charge in [-0.2, -0.15) is 0 Å². The summed E-state index contributed by atoms with van der Waals surface area (Å²) in [5.41, 5.74) is 6.04. The van der Waals surface area contributed by atoms with Gasteiger partial charge in [0.1, 0.15) is 6.26 Å². The molecule has 5 heteroatoms. The molecule has 2 aromatic rings. The Bertz CT molecular complexity index is 451. The molecule has 1 amide bonds. The van der Waals surface area contributed by atoms with Gasteiger partial charge in [0, 0.05) is 12.4 Å². The van der Waals surface area contributed by atoms with Gasteiger partial charge in [0.25, 0.3) is 0 Å². The maximum Gasteiger partial charge on any atom is 0.249 e. The second-order valence-corrected chi connectivity index (χ2v) is 2.62. The number of rotatable bonds is 2. The van der Waals surface area contributed by atoms with Gasteiger partial charge in [0.05, 0.1) is 17.3 Å². The Kier molecular flexibility index (Phi) is 1.98. The van der Waals surface area contributed by atoms with Crippen LogP contribution in [-0.2, 0) is 0 Å². The van der Waals surface area contributed by atoms with Crippen molar-refractivity contribution in [2.45, 2.75) is 0 Å². The molecular formula is C9H7N3O2. The van der Waals surface area contributed by atoms with E-state index in [4.69, 9.17) is 10.2 Å². The lowest BCUT2D eigenvalue weighted by atomic mass is 10.1. The lowest BCUT2D eigenvalue weighted by molar-refractivity contribution is 0.100. The minimum atomic E-state index is -0.527. The third kappa shape index (κ3) is 1.35. The van der Waals surface area contributed by atoms with Crippen LogP contribution in [-0.4, -0.2) is 15.9 Å². The highest BCUT2D eigenvalue weighted by Gasteiger charge is 2.12. The molecule has 0 atom stereocenters. The second-order valence-electron chi connectivity index (χ2n) is 2.62. The Labute approximate surface area is 79.6 Å². The van der Waals surface area contributed by atoms with Crippen LogP contribution in [0.15, 0.2) is 35.3 Å². The van der Waals surface area contributed by atoms with Crippen molar-refractivity contribution >= 4 is 5.91 Å². The lowest BCUT2D eigenvalue weighted by Gasteiger charge is -2.00. The first-order chi connectivity index (χ1) is 6.79. The third-order valence-electron chi connectivity index (χ3n) is 1.75. The van der Waals surface area contributed by atoms with E-state index in [9.17, 15) is 4.79 Å². The molecule has 0 saturated heterocycles. The first-order valence-corrected chi connectivity index (χ1v) is 3.92. The summed E-state index contributed by atoms with van der Waals surface area (Å²) >= 11 is 0. The van der Waals surface area contributed by atoms with Crippen molar-refractivity contribution in [2.24, 2.45) is 5.73 Å². The summed E-state index contributed by atoms with van der Waals surface area (Å²) in [6, 6.07) is 1.53. The Hall–Kier alpha value is -2.17. The van der Waals surface area contributed by atoms with Crippen LogP contribution in [0, 0.1) is 0 Å². The number of oxazole rings is 1. The van der Waals surface area contributed by atoms with E-state index in [1.807, 2.05) is 0 Å². The highest BCUT2D eigenvalue weighted by molar-refractivity contribution is 5.98. The Balaban J connectivity index is 2.58. The molecule has 70 valence electrons. The number of nitrogens with zero attached hydrogens (tertiary/aromatic N) is 2. The monoisotopic (exact) mass is 189 g/mol. The summed E-state index contributed by atoms with van der Waals surface area (Å²) in [5, 5.41) is 0. The Morgan fingerprint density at radius 3 is 2.93 bits per heavy atom. The summed E-state index contributed by atoms with van der Waals surface area (Å²) in [4.78, 5) is 18.8. The predicted molar refractivity (Wildman–Crippen MR) is 48.3 cm³/mol. The minimum Gasteiger partial charge on any atom is -0.444 e. The van der Waals surface area contributed by atoms with Gasteiger partial charge in [0.2, 0.25) is 11.8 Å². The molecule has 0 aromatic carbocycles. The van der Waals surface area contributed by atoms with E-state index in [1.165, 1.54) is 30.9 Å². The van der Waals surface area contributed by atoms with E-state index >= 15 is 0 Å². The largest absolute Gasteiger partial charge is 0.444 e. The van der Waals surface area contributed by atoms with Crippen LogP contribution in [0.2, 0.25) is 0 Å². The summed E-state index contributed by atoms with van der Waals surface area (Å²) in [6.07, 6.45) is 5.90. The molecule has 5 nitrogen and oxygen atoms in total. The van der Waals surface area contributed by atoms with Gasteiger partial charge in [-0.3, -0.25) is 9.78 Å². The second kappa shape index (κ2) is 3.29. The quantitative estimate of drug-likeness (QED) is 0.758. The molecular weight excluding hydrogens is 182 g/mol. The van der Waals surface area contributed by atoms with Crippen LogP contribution in [0.4, 0.5) is 0 Å². The molecule has 2 rings (SSSR count). The van der Waals surface area contributed by atoms with Gasteiger partial charge in [-0.05, 0) is 6.07 Å². The van der Waals surface area contributed by atoms with E-state index in [2.05, 4.69) is 9.97 Å². The Morgan fingerprint density at radius 1 is 1.43 bits per heavy atom. The maximum atomic E-state index is 11.0. The van der Waals surface area contributed by atoms with Crippen molar-refractivity contribution in [3.8, 4) is 11.5 Å². The number of hydrogen-bond donors (Lipinski definition) is 1. The fourth-order valence-electron chi connectivity index (χ4n) is 1.14. The number of hydrogen-bond acceptors (Lipinski definition) is 4. The van der Waals surface area contributed by atoms with Crippen LogP contribution in [0.5, 0.6) is 0 Å². The molecule has 0 radical (unpaired) electrons. The maximum absolute atomic E-state index is 11.0. The molecule has 0 bridgehead atoms. The zero-order valence-electron chi connectivity index (χ0n) is 7.18. The van der Waals surface area contributed by atoms with Crippen molar-refractivity contribution < 1.29 is 9.21 Å². The number of amides is 1. The zero-order valence-corrected chi connectivity index (χ0v) is 7.18. The van der Waals surface area contributed by atoms with Gasteiger partial charge < -0.3 is 10.2 Å². The van der Waals surface area contributed by atoms with Crippen molar-refractivity contribution in [1.29, 1.82) is 0 Å². The molecule has 0 saturated carbocycles. The molecule has 0 aliphatic rings. The van der Waals surface area contributed by atoms with E-state index in [-0.39, 0.29) is 0 Å². The van der Waals surface area contributed by atoms with Crippen LogP contribution in [0.3, 0.4) is 0 Å². The fraction of sp³-hybridized carbons (Fsp3) is 0. The number of primary amides is 1. The summed E-state index contributed by atoms with van der Waals surface area (Å²) in [7, 11) is 0. The van der Waals surface area contributed by atoms with Crippen LogP contribution in [0.25, 0.3) is 11.5 Å². The number of nitrogens with two attached hydrogens (primary N) is 1. The highest BCUT2D eigenvalue weighted by atomic mass is 16.3. The lowest BCUT2D eigenvalue weighted by Crippen LogP contribution is -2.12. The first-order valence-electron chi connectivity index (χ1n) is 3.92. The van der Waals surface area contributed by atoms with Crippen LogP contribution < -0.4 is 5.73 Å². The van der Waals surface area contributed by atoms with E-state index in [0.29, 0.717) is 17.0 Å². The molecule has 0 fully saturated rings. The number of carbonyl (C=O) groups is 1. The van der Waals surface area contributed by atoms with Crippen LogP contribution >= 0.6 is 0 Å². The molecule has 0 unspecified atom stereocenters. The summed E-state index contributed by atoms with van der Waals surface area (Å²) in [6.45, 7) is 0. The van der Waals surface area contributed by atoms with Gasteiger partial charge in [0.15, 0.2) is 0 Å². The summed E-state index contributed by atoms with van der Waals surface area (Å²) in [5.74, 6) is -0.187. The van der Waals surface area contributed by atoms with Crippen molar-refractivity contribution in [1.82, 2.24) is 9.97 Å². The third-order valence-corrected chi connectivity index (χ3v) is 1.75. The van der Waals surface area contributed by atoms with Gasteiger partial charge >= 0.3 is 0 Å². The SMILES string of the molecule is NC(=O)c1ccncc1-c1ncco1. The zero-order chi connectivity index (χ0) is 9.97. The number of carbonyl (C=O) groups excluding carboxylic acids is 1. The average Bonchev–Trinajstić information content (AvgIpc) is 2.70. The van der Waals surface area contributed by atoms with Gasteiger partial charge in [-0.25, -0.2) is 4.98 Å². The van der Waals surface area contributed by atoms with Crippen molar-refractivity contribution in [2.75, 3.05) is 0 Å². The van der Waals surface area contributed by atoms with Gasteiger partial charge in [-0.1, -0.05) is 0 Å². The molecule has 2 heterocycles. The van der Waals surface area contributed by atoms with Crippen molar-refractivity contribution in [3.05, 3.63) is 36.5 Å². The smallest absolute Gasteiger partial charge is 0.249 e. The van der Waals surface area contributed by atoms with E-state index in [0.717, 1.165) is 0 Å². The summed E-state index contributed by atoms with van der Waals surface area (Å²) < 4.78 is 5.05. The number of aromatic nitrogens is 2. The average molecular weight is 189 g/mol. The predicted octanol–water partition coefficient (Wildman–Crippen LogP) is 0.836. The Morgan fingerprint density at radius 2 is 2.29 bits per heavy atom. The number of pyridine rings is 1. The highest BCUT2D eigenvalue weighted by Crippen LogP contribution is 2.19. The topological polar surface area (TPSA) is 82.0 Å². The molecule has 14 heavy (non-hydrogen) atoms. The van der Waals surface area contributed by atoms with Gasteiger partial charge in [-0.15, -0.1) is 0 Å². The fourth-order valence-corrected chi connectivity index (χ4v) is 1.14. The van der Waals surface area contributed by atoms with E-state index < -0.39 is 5.91 Å². The molecule has 0 aliphatic carbocycles. The first kappa shape index (κ1) is 8.43. The standard InChI is InChI=1S/C9H7N3O2/c10-8(13)6-1-2-11-5-7(6)9-12-3-4-14-9/h1-5H,(H2,10,13). The van der Waals surface area contributed by atoms with E-state index in [1.54, 1.807) is 0 Å². The molecule has 0 spiro atoms. The normalized spacial score (nSPS) is 10.0. The molecule has 2 N–H and O–H groups in total. The molecule has 0 aliphatic heterocycles. The van der Waals surface area contributed by atoms with Crippen LogP contribution in [0.1, 0.15) is 10.4 Å². The molecule has 2 aromatic heterocycles. The van der Waals surface area contributed by atoms with Crippen molar-refractivity contribution in [3.63, 3.8) is 0 Å².